The van der Waals surface area contributed by atoms with E-state index >= 15 is 0 Å². The van der Waals surface area contributed by atoms with Crippen molar-refractivity contribution >= 4 is 23.6 Å². The molecule has 44 valence electrons. The van der Waals surface area contributed by atoms with Crippen molar-refractivity contribution in [2.45, 2.75) is 13.0 Å². The van der Waals surface area contributed by atoms with Crippen LogP contribution in [-0.4, -0.2) is 34.7 Å². The summed E-state index contributed by atoms with van der Waals surface area (Å²) in [6.07, 6.45) is 0. The first-order valence-electron chi connectivity index (χ1n) is 1.63. The summed E-state index contributed by atoms with van der Waals surface area (Å²) in [7, 11) is 0. The van der Waals surface area contributed by atoms with Gasteiger partial charge >= 0.3 is 23.6 Å². The van der Waals surface area contributed by atoms with Crippen LogP contribution < -0.4 is 5.73 Å². The average molecular weight is 166 g/mol. The van der Waals surface area contributed by atoms with Gasteiger partial charge in [-0.15, -0.1) is 0 Å². The fourth-order valence-corrected chi connectivity index (χ4v) is 0. The van der Waals surface area contributed by atoms with Gasteiger partial charge in [-0.05, 0) is 6.92 Å². The van der Waals surface area contributed by atoms with Crippen LogP contribution in [0.15, 0.2) is 0 Å². The van der Waals surface area contributed by atoms with Crippen molar-refractivity contribution in [3.05, 3.63) is 0 Å². The normalized spacial score (nSPS) is 11.7. The minimum absolute atomic E-state index is 0. The number of carboxylic acid groups (broad SMARTS) is 1. The number of hydrogen-bond donors (Lipinski definition) is 2. The van der Waals surface area contributed by atoms with Gasteiger partial charge in [0.05, 0.1) is 0 Å². The van der Waals surface area contributed by atoms with Crippen molar-refractivity contribution in [2.24, 2.45) is 5.73 Å². The second kappa shape index (κ2) is 4.14. The second-order valence-corrected chi connectivity index (χ2v) is 1.13. The SMILES string of the molecule is CC(N)C(=O)O.[GeH4]. The third kappa shape index (κ3) is 5.97. The van der Waals surface area contributed by atoms with Gasteiger partial charge in [0.1, 0.15) is 6.04 Å². The van der Waals surface area contributed by atoms with E-state index in [4.69, 9.17) is 10.8 Å². The summed E-state index contributed by atoms with van der Waals surface area (Å²) in [5.74, 6) is -0.963. The average Bonchev–Trinajstić information content (AvgIpc) is 1.36. The maximum absolute atomic E-state index is 9.57. The summed E-state index contributed by atoms with van der Waals surface area (Å²) in [6, 6.07) is -0.731. The zero-order valence-corrected chi connectivity index (χ0v) is 3.51. The molecule has 0 bridgehead atoms. The molecule has 1 atom stereocenters. The molecule has 0 aliphatic rings. The number of aliphatic carboxylic acids is 1. The van der Waals surface area contributed by atoms with Crippen LogP contribution in [0.5, 0.6) is 0 Å². The molecule has 0 fully saturated rings. The van der Waals surface area contributed by atoms with Gasteiger partial charge in [-0.1, -0.05) is 0 Å². The van der Waals surface area contributed by atoms with Crippen molar-refractivity contribution in [1.82, 2.24) is 0 Å². The molecule has 0 rings (SSSR count). The second-order valence-electron chi connectivity index (χ2n) is 1.13. The van der Waals surface area contributed by atoms with Gasteiger partial charge in [-0.3, -0.25) is 4.79 Å². The topological polar surface area (TPSA) is 63.3 Å². The van der Waals surface area contributed by atoms with Crippen LogP contribution in [0.2, 0.25) is 0 Å². The van der Waals surface area contributed by atoms with Crippen molar-refractivity contribution < 1.29 is 9.90 Å². The minimum atomic E-state index is -0.963. The quantitative estimate of drug-likeness (QED) is 0.441. The number of rotatable bonds is 1. The fourth-order valence-electron chi connectivity index (χ4n) is 0. The number of hydrogen-bond acceptors (Lipinski definition) is 2. The monoisotopic (exact) mass is 167 g/mol. The number of carbonyl (C=O) groups is 1. The van der Waals surface area contributed by atoms with Crippen LogP contribution >= 0.6 is 0 Å². The molecule has 0 radical (unpaired) electrons. The predicted octanol–water partition coefficient (Wildman–Crippen LogP) is -2.03. The molecule has 0 saturated heterocycles. The number of nitrogens with two attached hydrogens (primary N) is 1. The summed E-state index contributed by atoms with van der Waals surface area (Å²) in [4.78, 5) is 9.57. The van der Waals surface area contributed by atoms with E-state index in [1.165, 1.54) is 6.92 Å². The Morgan fingerprint density at radius 3 is 2.00 bits per heavy atom. The maximum atomic E-state index is 9.57. The van der Waals surface area contributed by atoms with Gasteiger partial charge in [-0.2, -0.15) is 0 Å². The van der Waals surface area contributed by atoms with E-state index in [-0.39, 0.29) is 17.6 Å². The first kappa shape index (κ1) is 10.1. The van der Waals surface area contributed by atoms with E-state index in [2.05, 4.69) is 0 Å². The summed E-state index contributed by atoms with van der Waals surface area (Å²) >= 11 is 0. The summed E-state index contributed by atoms with van der Waals surface area (Å²) in [5, 5.41) is 7.87. The summed E-state index contributed by atoms with van der Waals surface area (Å²) in [6.45, 7) is 1.42. The Bertz CT molecular complexity index is 64.0. The van der Waals surface area contributed by atoms with E-state index in [9.17, 15) is 4.79 Å². The molecule has 0 aromatic carbocycles. The first-order valence-corrected chi connectivity index (χ1v) is 1.63. The zero-order chi connectivity index (χ0) is 5.15. The molecule has 0 aliphatic heterocycles. The summed E-state index contributed by atoms with van der Waals surface area (Å²) in [5.41, 5.74) is 4.84. The Morgan fingerprint density at radius 2 is 2.00 bits per heavy atom. The molecule has 0 amide bonds. The van der Waals surface area contributed by atoms with E-state index in [1.54, 1.807) is 0 Å². The molecule has 4 heteroatoms. The third-order valence-corrected chi connectivity index (χ3v) is 0.390. The predicted molar refractivity (Wildman–Crippen MR) is 32.6 cm³/mol. The summed E-state index contributed by atoms with van der Waals surface area (Å²) < 4.78 is 0. The van der Waals surface area contributed by atoms with Crippen LogP contribution in [0.1, 0.15) is 6.92 Å². The number of carboxylic acids is 1. The molecular formula is C3H11GeNO2. The molecule has 7 heavy (non-hydrogen) atoms. The fraction of sp³-hybridized carbons (Fsp3) is 0.667. The first-order chi connectivity index (χ1) is 2.64. The Balaban J connectivity index is 0. The molecule has 0 aromatic heterocycles. The Morgan fingerprint density at radius 1 is 1.86 bits per heavy atom. The van der Waals surface area contributed by atoms with Gasteiger partial charge in [0.25, 0.3) is 0 Å². The molecule has 0 heterocycles. The Hall–Kier alpha value is -0.0271. The van der Waals surface area contributed by atoms with Gasteiger partial charge in [0, 0.05) is 0 Å². The Kier molecular flexibility index (Phi) is 5.95. The van der Waals surface area contributed by atoms with E-state index in [0.29, 0.717) is 0 Å². The van der Waals surface area contributed by atoms with Crippen molar-refractivity contribution in [1.29, 1.82) is 0 Å². The van der Waals surface area contributed by atoms with Crippen LogP contribution in [0.25, 0.3) is 0 Å². The zero-order valence-electron chi connectivity index (χ0n) is 3.51. The molecule has 3 N–H and O–H groups in total. The van der Waals surface area contributed by atoms with Crippen molar-refractivity contribution in [2.75, 3.05) is 0 Å². The van der Waals surface area contributed by atoms with Crippen LogP contribution in [0.4, 0.5) is 0 Å². The van der Waals surface area contributed by atoms with E-state index in [0.717, 1.165) is 0 Å². The molecule has 1 unspecified atom stereocenters. The van der Waals surface area contributed by atoms with Crippen LogP contribution in [0, 0.1) is 0 Å². The standard InChI is InChI=1S/C3H7NO2.GeH4/c1-2(4)3(5)6;/h2H,4H2,1H3,(H,5,6);1H4. The molecule has 0 aromatic rings. The van der Waals surface area contributed by atoms with Crippen molar-refractivity contribution in [3.8, 4) is 0 Å². The van der Waals surface area contributed by atoms with Gasteiger partial charge < -0.3 is 10.8 Å². The molecule has 3 nitrogen and oxygen atoms in total. The molecule has 0 aliphatic carbocycles. The van der Waals surface area contributed by atoms with Gasteiger partial charge in [0.15, 0.2) is 0 Å². The molecule has 0 spiro atoms. The van der Waals surface area contributed by atoms with Crippen LogP contribution in [-0.2, 0) is 4.79 Å². The molecule has 0 saturated carbocycles. The van der Waals surface area contributed by atoms with Crippen LogP contribution in [0.3, 0.4) is 0 Å². The van der Waals surface area contributed by atoms with E-state index in [1.807, 2.05) is 0 Å². The van der Waals surface area contributed by atoms with Crippen molar-refractivity contribution in [3.63, 3.8) is 0 Å². The van der Waals surface area contributed by atoms with E-state index < -0.39 is 12.0 Å². The molecular weight excluding hydrogens is 155 g/mol. The third-order valence-electron chi connectivity index (χ3n) is 0.390. The Labute approximate surface area is 52.9 Å². The van der Waals surface area contributed by atoms with Gasteiger partial charge in [0.2, 0.25) is 0 Å². The van der Waals surface area contributed by atoms with Gasteiger partial charge in [-0.25, -0.2) is 0 Å².